The van der Waals surface area contributed by atoms with E-state index >= 15 is 0 Å². The average molecular weight is 568 g/mol. The molecule has 3 heterocycles. The highest BCUT2D eigenvalue weighted by Gasteiger charge is 2.27. The van der Waals surface area contributed by atoms with Gasteiger partial charge in [-0.1, -0.05) is 12.1 Å². The van der Waals surface area contributed by atoms with Crippen molar-refractivity contribution >= 4 is 41.4 Å². The molecule has 180 valence electrons. The highest BCUT2D eigenvalue weighted by Crippen LogP contribution is 2.32. The number of guanidine groups is 1. The number of anilines is 2. The standard InChI is InChI=1S/C24H33FN6O.HI/c1-3-26-24(29-19-11-14-31(17-19)23-20(25)7-6-12-27-23)28-15-18-10-13-30(16-18)21-8-4-5-9-22(21)32-2;/h4-9,12,18-19H,3,10-11,13-17H2,1-2H3,(H2,26,28,29);1H. The van der Waals surface area contributed by atoms with Crippen LogP contribution in [0.5, 0.6) is 5.75 Å². The molecule has 2 fully saturated rings. The van der Waals surface area contributed by atoms with Gasteiger partial charge in [-0.05, 0) is 49.9 Å². The quantitative estimate of drug-likeness (QED) is 0.303. The van der Waals surface area contributed by atoms with Gasteiger partial charge in [0.1, 0.15) is 5.75 Å². The number of aromatic nitrogens is 1. The van der Waals surface area contributed by atoms with Crippen molar-refractivity contribution in [1.82, 2.24) is 15.6 Å². The number of pyridine rings is 1. The first kappa shape index (κ1) is 25.3. The van der Waals surface area contributed by atoms with Crippen molar-refractivity contribution in [3.8, 4) is 5.75 Å². The molecule has 7 nitrogen and oxygen atoms in total. The second-order valence-corrected chi connectivity index (χ2v) is 8.38. The molecule has 4 rings (SSSR count). The van der Waals surface area contributed by atoms with Gasteiger partial charge in [-0.2, -0.15) is 0 Å². The molecule has 9 heteroatoms. The van der Waals surface area contributed by atoms with Crippen LogP contribution in [0, 0.1) is 11.7 Å². The smallest absolute Gasteiger partial charge is 0.191 e. The van der Waals surface area contributed by atoms with Crippen molar-refractivity contribution in [2.24, 2.45) is 10.9 Å². The minimum Gasteiger partial charge on any atom is -0.495 e. The summed E-state index contributed by atoms with van der Waals surface area (Å²) >= 11 is 0. The average Bonchev–Trinajstić information content (AvgIpc) is 3.48. The lowest BCUT2D eigenvalue weighted by atomic mass is 10.1. The van der Waals surface area contributed by atoms with Crippen LogP contribution in [0.1, 0.15) is 19.8 Å². The first-order chi connectivity index (χ1) is 15.7. The Balaban J connectivity index is 0.00000306. The molecule has 0 saturated carbocycles. The fourth-order valence-corrected chi connectivity index (χ4v) is 4.51. The highest BCUT2D eigenvalue weighted by atomic mass is 127. The Kier molecular flexibility index (Phi) is 9.40. The predicted octanol–water partition coefficient (Wildman–Crippen LogP) is 3.51. The Hall–Kier alpha value is -2.30. The van der Waals surface area contributed by atoms with E-state index in [4.69, 9.17) is 9.73 Å². The number of hydrogen-bond donors (Lipinski definition) is 2. The van der Waals surface area contributed by atoms with E-state index in [-0.39, 0.29) is 35.8 Å². The number of rotatable bonds is 7. The lowest BCUT2D eigenvalue weighted by molar-refractivity contribution is 0.414. The number of nitrogens with zero attached hydrogens (tertiary/aromatic N) is 4. The van der Waals surface area contributed by atoms with Gasteiger partial charge in [-0.25, -0.2) is 9.37 Å². The molecule has 2 atom stereocenters. The third-order valence-electron chi connectivity index (χ3n) is 6.13. The summed E-state index contributed by atoms with van der Waals surface area (Å²) in [5.74, 6) is 2.41. The highest BCUT2D eigenvalue weighted by molar-refractivity contribution is 14.0. The number of methoxy groups -OCH3 is 1. The van der Waals surface area contributed by atoms with Crippen LogP contribution >= 0.6 is 24.0 Å². The van der Waals surface area contributed by atoms with Crippen LogP contribution in [0.25, 0.3) is 0 Å². The van der Waals surface area contributed by atoms with Crippen LogP contribution in [-0.2, 0) is 0 Å². The molecule has 1 aromatic heterocycles. The number of aliphatic imine (C=N–C) groups is 1. The zero-order valence-electron chi connectivity index (χ0n) is 19.3. The van der Waals surface area contributed by atoms with Crippen LogP contribution in [0.3, 0.4) is 0 Å². The number of para-hydroxylation sites is 2. The summed E-state index contributed by atoms with van der Waals surface area (Å²) in [6.07, 6.45) is 3.67. The Labute approximate surface area is 212 Å². The van der Waals surface area contributed by atoms with Gasteiger partial charge >= 0.3 is 0 Å². The maximum Gasteiger partial charge on any atom is 0.191 e. The summed E-state index contributed by atoms with van der Waals surface area (Å²) in [7, 11) is 1.72. The van der Waals surface area contributed by atoms with E-state index in [1.807, 2.05) is 17.0 Å². The minimum absolute atomic E-state index is 0. The van der Waals surface area contributed by atoms with Crippen LogP contribution in [0.2, 0.25) is 0 Å². The van der Waals surface area contributed by atoms with Crippen molar-refractivity contribution in [1.29, 1.82) is 0 Å². The molecule has 2 aliphatic heterocycles. The Bertz CT molecular complexity index is 929. The van der Waals surface area contributed by atoms with Gasteiger partial charge < -0.3 is 25.2 Å². The molecule has 2 aromatic rings. The van der Waals surface area contributed by atoms with E-state index in [1.165, 1.54) is 6.07 Å². The third-order valence-corrected chi connectivity index (χ3v) is 6.13. The van der Waals surface area contributed by atoms with Crippen LogP contribution in [0.15, 0.2) is 47.6 Å². The Morgan fingerprint density at radius 1 is 1.15 bits per heavy atom. The first-order valence-electron chi connectivity index (χ1n) is 11.5. The van der Waals surface area contributed by atoms with Gasteiger partial charge in [-0.15, -0.1) is 24.0 Å². The van der Waals surface area contributed by atoms with Crippen molar-refractivity contribution in [2.75, 3.05) is 56.2 Å². The summed E-state index contributed by atoms with van der Waals surface area (Å²) in [4.78, 5) is 13.5. The molecule has 0 bridgehead atoms. The van der Waals surface area contributed by atoms with Crippen molar-refractivity contribution in [3.63, 3.8) is 0 Å². The van der Waals surface area contributed by atoms with Crippen LogP contribution < -0.4 is 25.2 Å². The SMILES string of the molecule is CCNC(=NCC1CCN(c2ccccc2OC)C1)NC1CCN(c2ncccc2F)C1.I. The molecule has 2 unspecified atom stereocenters. The lowest BCUT2D eigenvalue weighted by Gasteiger charge is -2.21. The summed E-state index contributed by atoms with van der Waals surface area (Å²) in [5.41, 5.74) is 1.15. The van der Waals surface area contributed by atoms with Gasteiger partial charge in [0.2, 0.25) is 0 Å². The number of ether oxygens (including phenoxy) is 1. The van der Waals surface area contributed by atoms with Crippen molar-refractivity contribution in [3.05, 3.63) is 48.4 Å². The van der Waals surface area contributed by atoms with Gasteiger partial charge in [-0.3, -0.25) is 4.99 Å². The van der Waals surface area contributed by atoms with E-state index in [0.717, 1.165) is 63.0 Å². The van der Waals surface area contributed by atoms with E-state index in [9.17, 15) is 4.39 Å². The number of hydrogen-bond acceptors (Lipinski definition) is 5. The molecule has 0 radical (unpaired) electrons. The van der Waals surface area contributed by atoms with Gasteiger partial charge in [0.15, 0.2) is 17.6 Å². The minimum atomic E-state index is -0.269. The fourth-order valence-electron chi connectivity index (χ4n) is 4.51. The van der Waals surface area contributed by atoms with E-state index in [1.54, 1.807) is 19.4 Å². The molecule has 2 aliphatic rings. The van der Waals surface area contributed by atoms with Gasteiger partial charge in [0, 0.05) is 51.5 Å². The molecule has 2 N–H and O–H groups in total. The summed E-state index contributed by atoms with van der Waals surface area (Å²) in [5, 5.41) is 6.89. The molecule has 1 aromatic carbocycles. The first-order valence-corrected chi connectivity index (χ1v) is 11.5. The Morgan fingerprint density at radius 3 is 2.76 bits per heavy atom. The topological polar surface area (TPSA) is 65.0 Å². The van der Waals surface area contributed by atoms with Crippen LogP contribution in [-0.4, -0.2) is 63.4 Å². The third kappa shape index (κ3) is 6.39. The summed E-state index contributed by atoms with van der Waals surface area (Å²) < 4.78 is 19.6. The predicted molar refractivity (Wildman–Crippen MR) is 143 cm³/mol. The maximum absolute atomic E-state index is 14.1. The maximum atomic E-state index is 14.1. The molecule has 33 heavy (non-hydrogen) atoms. The van der Waals surface area contributed by atoms with Crippen molar-refractivity contribution in [2.45, 2.75) is 25.8 Å². The molecular weight excluding hydrogens is 534 g/mol. The molecule has 0 aliphatic carbocycles. The monoisotopic (exact) mass is 568 g/mol. The molecule has 2 saturated heterocycles. The number of benzene rings is 1. The zero-order valence-corrected chi connectivity index (χ0v) is 21.7. The second-order valence-electron chi connectivity index (χ2n) is 8.38. The zero-order chi connectivity index (χ0) is 22.3. The van der Waals surface area contributed by atoms with Gasteiger partial charge in [0.05, 0.1) is 12.8 Å². The number of nitrogens with one attached hydrogen (secondary N) is 2. The summed E-state index contributed by atoms with van der Waals surface area (Å²) in [6.45, 7) is 7.11. The molecule has 0 amide bonds. The molecule has 0 spiro atoms. The molecular formula is C24H34FIN6O. The van der Waals surface area contributed by atoms with E-state index in [0.29, 0.717) is 18.3 Å². The lowest BCUT2D eigenvalue weighted by Crippen LogP contribution is -2.45. The largest absolute Gasteiger partial charge is 0.495 e. The summed E-state index contributed by atoms with van der Waals surface area (Å²) in [6, 6.07) is 11.5. The van der Waals surface area contributed by atoms with Gasteiger partial charge in [0.25, 0.3) is 0 Å². The normalized spacial score (nSPS) is 20.5. The van der Waals surface area contributed by atoms with E-state index in [2.05, 4.69) is 39.6 Å². The second kappa shape index (κ2) is 12.2. The van der Waals surface area contributed by atoms with Crippen LogP contribution in [0.4, 0.5) is 15.9 Å². The number of halogens is 2. The van der Waals surface area contributed by atoms with Crippen molar-refractivity contribution < 1.29 is 9.13 Å². The van der Waals surface area contributed by atoms with E-state index < -0.39 is 0 Å². The Morgan fingerprint density at radius 2 is 1.97 bits per heavy atom. The fraction of sp³-hybridized carbons (Fsp3) is 0.500.